The van der Waals surface area contributed by atoms with E-state index in [1.54, 1.807) is 6.92 Å². The first-order valence-electron chi connectivity index (χ1n) is 2.48. The van der Waals surface area contributed by atoms with Gasteiger partial charge in [0.1, 0.15) is 0 Å². The molecule has 0 heterocycles. The second-order valence-corrected chi connectivity index (χ2v) is 2.54. The summed E-state index contributed by atoms with van der Waals surface area (Å²) in [7, 11) is 0. The van der Waals surface area contributed by atoms with Gasteiger partial charge in [-0.25, -0.2) is 10.2 Å². The molecule has 4 nitrogen and oxygen atoms in total. The molecule has 0 spiro atoms. The van der Waals surface area contributed by atoms with Crippen molar-refractivity contribution in [2.24, 2.45) is 10.8 Å². The van der Waals surface area contributed by atoms with Crippen LogP contribution < -0.4 is 11.2 Å². The van der Waals surface area contributed by atoms with Gasteiger partial charge in [-0.1, -0.05) is 6.58 Å². The standard InChI is InChI=1S/C5H8BrN3O/c1-3(6)4(2)8-9-5(7)10/h1H2,2H3,(H3,7,9,10)/b8-4+. The van der Waals surface area contributed by atoms with Crippen molar-refractivity contribution in [2.45, 2.75) is 6.92 Å². The molecule has 0 aliphatic carbocycles. The molecular formula is C5H8BrN3O. The molecule has 0 aromatic heterocycles. The van der Waals surface area contributed by atoms with Crippen LogP contribution in [-0.4, -0.2) is 11.7 Å². The number of nitrogens with zero attached hydrogens (tertiary/aromatic N) is 1. The van der Waals surface area contributed by atoms with Gasteiger partial charge in [-0.3, -0.25) is 0 Å². The molecule has 56 valence electrons. The SMILES string of the molecule is C=C(Br)/C(C)=N/NC(N)=O. The van der Waals surface area contributed by atoms with E-state index in [4.69, 9.17) is 5.73 Å². The minimum absolute atomic E-state index is 0.582. The number of primary amides is 1. The fourth-order valence-electron chi connectivity index (χ4n) is 0.200. The fraction of sp³-hybridized carbons (Fsp3) is 0.200. The lowest BCUT2D eigenvalue weighted by Gasteiger charge is -1.95. The molecule has 3 N–H and O–H groups in total. The van der Waals surface area contributed by atoms with Crippen LogP contribution in [-0.2, 0) is 0 Å². The van der Waals surface area contributed by atoms with Crippen molar-refractivity contribution >= 4 is 27.7 Å². The molecule has 0 saturated heterocycles. The predicted molar refractivity (Wildman–Crippen MR) is 43.9 cm³/mol. The monoisotopic (exact) mass is 205 g/mol. The van der Waals surface area contributed by atoms with Crippen LogP contribution in [0.25, 0.3) is 0 Å². The third kappa shape index (κ3) is 4.08. The van der Waals surface area contributed by atoms with Crippen LogP contribution in [0.1, 0.15) is 6.92 Å². The number of urea groups is 1. The zero-order chi connectivity index (χ0) is 8.15. The van der Waals surface area contributed by atoms with E-state index in [0.29, 0.717) is 10.2 Å². The highest BCUT2D eigenvalue weighted by Gasteiger charge is 1.92. The summed E-state index contributed by atoms with van der Waals surface area (Å²) in [5, 5.41) is 3.57. The number of halogens is 1. The van der Waals surface area contributed by atoms with Gasteiger partial charge < -0.3 is 5.73 Å². The van der Waals surface area contributed by atoms with E-state index in [9.17, 15) is 4.79 Å². The minimum Gasteiger partial charge on any atom is -0.350 e. The number of nitrogens with one attached hydrogen (secondary N) is 1. The number of hydrazone groups is 1. The zero-order valence-corrected chi connectivity index (χ0v) is 7.10. The quantitative estimate of drug-likeness (QED) is 0.512. The highest BCUT2D eigenvalue weighted by molar-refractivity contribution is 9.12. The molecule has 10 heavy (non-hydrogen) atoms. The van der Waals surface area contributed by atoms with Crippen molar-refractivity contribution in [1.82, 2.24) is 5.43 Å². The van der Waals surface area contributed by atoms with E-state index in [2.05, 4.69) is 33.0 Å². The summed E-state index contributed by atoms with van der Waals surface area (Å²) in [5.74, 6) is 0. The van der Waals surface area contributed by atoms with Crippen molar-refractivity contribution in [3.05, 3.63) is 11.1 Å². The third-order valence-corrected chi connectivity index (χ3v) is 1.30. The van der Waals surface area contributed by atoms with E-state index in [1.165, 1.54) is 0 Å². The van der Waals surface area contributed by atoms with Gasteiger partial charge in [0.25, 0.3) is 0 Å². The van der Waals surface area contributed by atoms with E-state index in [0.717, 1.165) is 0 Å². The Kier molecular flexibility index (Phi) is 3.71. The summed E-state index contributed by atoms with van der Waals surface area (Å²) in [6.45, 7) is 5.21. The van der Waals surface area contributed by atoms with E-state index in [1.807, 2.05) is 0 Å². The lowest BCUT2D eigenvalue weighted by molar-refractivity contribution is 0.249. The second-order valence-electron chi connectivity index (χ2n) is 1.58. The Morgan fingerprint density at radius 3 is 2.60 bits per heavy atom. The molecule has 0 radical (unpaired) electrons. The number of hydrogen-bond donors (Lipinski definition) is 2. The molecule has 0 unspecified atom stereocenters. The Balaban J connectivity index is 3.92. The number of rotatable bonds is 2. The van der Waals surface area contributed by atoms with Gasteiger partial charge in [0.2, 0.25) is 0 Å². The van der Waals surface area contributed by atoms with Gasteiger partial charge in [0, 0.05) is 4.48 Å². The predicted octanol–water partition coefficient (Wildman–Crippen LogP) is 0.939. The van der Waals surface area contributed by atoms with Gasteiger partial charge >= 0.3 is 6.03 Å². The number of allylic oxidation sites excluding steroid dienone is 1. The van der Waals surface area contributed by atoms with Crippen LogP contribution in [0, 0.1) is 0 Å². The first-order valence-corrected chi connectivity index (χ1v) is 3.28. The fourth-order valence-corrected chi connectivity index (χ4v) is 0.288. The molecule has 5 heteroatoms. The van der Waals surface area contributed by atoms with Crippen LogP contribution in [0.2, 0.25) is 0 Å². The van der Waals surface area contributed by atoms with Crippen molar-refractivity contribution in [1.29, 1.82) is 0 Å². The Hall–Kier alpha value is -0.840. The summed E-state index contributed by atoms with van der Waals surface area (Å²) in [6, 6.07) is -0.687. The Labute approximate surface area is 67.3 Å². The maximum atomic E-state index is 10.1. The van der Waals surface area contributed by atoms with Crippen molar-refractivity contribution in [2.75, 3.05) is 0 Å². The highest BCUT2D eigenvalue weighted by atomic mass is 79.9. The second kappa shape index (κ2) is 4.05. The largest absolute Gasteiger partial charge is 0.350 e. The van der Waals surface area contributed by atoms with Crippen LogP contribution in [0.4, 0.5) is 4.79 Å². The number of amides is 2. The van der Waals surface area contributed by atoms with Gasteiger partial charge in [-0.2, -0.15) is 5.10 Å². The summed E-state index contributed by atoms with van der Waals surface area (Å²) in [4.78, 5) is 10.1. The van der Waals surface area contributed by atoms with Crippen LogP contribution in [0.5, 0.6) is 0 Å². The Bertz CT molecular complexity index is 187. The molecule has 0 aliphatic rings. The van der Waals surface area contributed by atoms with Crippen LogP contribution in [0.3, 0.4) is 0 Å². The first kappa shape index (κ1) is 9.16. The maximum Gasteiger partial charge on any atom is 0.332 e. The van der Waals surface area contributed by atoms with Gasteiger partial charge in [-0.05, 0) is 22.9 Å². The topological polar surface area (TPSA) is 67.5 Å². The smallest absolute Gasteiger partial charge is 0.332 e. The number of carbonyl (C=O) groups is 1. The Morgan fingerprint density at radius 2 is 2.30 bits per heavy atom. The van der Waals surface area contributed by atoms with E-state index < -0.39 is 6.03 Å². The lowest BCUT2D eigenvalue weighted by Crippen LogP contribution is -2.25. The molecule has 0 aliphatic heterocycles. The van der Waals surface area contributed by atoms with Crippen LogP contribution >= 0.6 is 15.9 Å². The molecule has 0 bridgehead atoms. The van der Waals surface area contributed by atoms with Crippen molar-refractivity contribution in [3.8, 4) is 0 Å². The van der Waals surface area contributed by atoms with E-state index >= 15 is 0 Å². The Morgan fingerprint density at radius 1 is 1.80 bits per heavy atom. The number of hydrogen-bond acceptors (Lipinski definition) is 2. The molecule has 2 amide bonds. The molecule has 0 rings (SSSR count). The summed E-state index contributed by atoms with van der Waals surface area (Å²) in [6.07, 6.45) is 0. The summed E-state index contributed by atoms with van der Waals surface area (Å²) >= 11 is 3.07. The normalized spacial score (nSPS) is 10.8. The zero-order valence-electron chi connectivity index (χ0n) is 5.52. The molecule has 0 atom stereocenters. The average Bonchev–Trinajstić information content (AvgIpc) is 1.82. The molecule has 0 saturated carbocycles. The minimum atomic E-state index is -0.687. The van der Waals surface area contributed by atoms with Crippen LogP contribution in [0.15, 0.2) is 16.2 Å². The average molecular weight is 206 g/mol. The van der Waals surface area contributed by atoms with E-state index in [-0.39, 0.29) is 0 Å². The number of nitrogens with two attached hydrogens (primary N) is 1. The van der Waals surface area contributed by atoms with Gasteiger partial charge in [0.15, 0.2) is 0 Å². The lowest BCUT2D eigenvalue weighted by atomic mass is 10.4. The first-order chi connectivity index (χ1) is 4.54. The molecule has 0 aromatic rings. The molecule has 0 aromatic carbocycles. The molecule has 0 fully saturated rings. The number of carbonyl (C=O) groups excluding carboxylic acids is 1. The van der Waals surface area contributed by atoms with Crippen molar-refractivity contribution < 1.29 is 4.79 Å². The van der Waals surface area contributed by atoms with Gasteiger partial charge in [-0.15, -0.1) is 0 Å². The highest BCUT2D eigenvalue weighted by Crippen LogP contribution is 2.01. The third-order valence-electron chi connectivity index (χ3n) is 0.726. The maximum absolute atomic E-state index is 10.1. The summed E-state index contributed by atoms with van der Waals surface area (Å²) < 4.78 is 0.612. The van der Waals surface area contributed by atoms with Gasteiger partial charge in [0.05, 0.1) is 5.71 Å². The molecular weight excluding hydrogens is 198 g/mol. The van der Waals surface area contributed by atoms with Crippen molar-refractivity contribution in [3.63, 3.8) is 0 Å². The summed E-state index contributed by atoms with van der Waals surface area (Å²) in [5.41, 5.74) is 7.38.